The standard InChI is InChI=1S/C12H21N3O2/c1-4-17-12(16)6-5-11(13)7-10-8-15(3)14-9(10)2/h8,11H,4-7,13H2,1-3H3. The van der Waals surface area contributed by atoms with Gasteiger partial charge < -0.3 is 10.5 Å². The van der Waals surface area contributed by atoms with Crippen LogP contribution in [0.1, 0.15) is 31.0 Å². The number of carbonyl (C=O) groups is 1. The molecular weight excluding hydrogens is 218 g/mol. The van der Waals surface area contributed by atoms with Crippen molar-refractivity contribution in [2.75, 3.05) is 6.61 Å². The summed E-state index contributed by atoms with van der Waals surface area (Å²) in [6.45, 7) is 4.19. The van der Waals surface area contributed by atoms with Crippen molar-refractivity contribution >= 4 is 5.97 Å². The first kappa shape index (κ1) is 13.7. The molecule has 1 aromatic rings. The van der Waals surface area contributed by atoms with Crippen molar-refractivity contribution in [1.82, 2.24) is 9.78 Å². The van der Waals surface area contributed by atoms with Gasteiger partial charge in [0.05, 0.1) is 12.3 Å². The van der Waals surface area contributed by atoms with Crippen molar-refractivity contribution in [3.63, 3.8) is 0 Å². The zero-order valence-corrected chi connectivity index (χ0v) is 10.8. The number of ether oxygens (including phenoxy) is 1. The van der Waals surface area contributed by atoms with Gasteiger partial charge in [0.2, 0.25) is 0 Å². The Morgan fingerprint density at radius 2 is 2.35 bits per heavy atom. The summed E-state index contributed by atoms with van der Waals surface area (Å²) in [5.41, 5.74) is 8.13. The van der Waals surface area contributed by atoms with Crippen LogP contribution in [0, 0.1) is 6.92 Å². The predicted molar refractivity (Wildman–Crippen MR) is 65.5 cm³/mol. The molecule has 96 valence electrons. The first-order valence-corrected chi connectivity index (χ1v) is 5.93. The van der Waals surface area contributed by atoms with Crippen LogP contribution in [0.25, 0.3) is 0 Å². The molecule has 0 spiro atoms. The molecule has 0 aliphatic rings. The number of esters is 1. The van der Waals surface area contributed by atoms with Crippen molar-refractivity contribution in [2.45, 2.75) is 39.2 Å². The Labute approximate surface area is 102 Å². The fraction of sp³-hybridized carbons (Fsp3) is 0.667. The molecule has 1 aromatic heterocycles. The summed E-state index contributed by atoms with van der Waals surface area (Å²) in [5, 5.41) is 4.26. The zero-order chi connectivity index (χ0) is 12.8. The van der Waals surface area contributed by atoms with Crippen molar-refractivity contribution in [2.24, 2.45) is 12.8 Å². The number of nitrogens with zero attached hydrogens (tertiary/aromatic N) is 2. The zero-order valence-electron chi connectivity index (χ0n) is 10.8. The number of aryl methyl sites for hydroxylation is 2. The van der Waals surface area contributed by atoms with E-state index in [-0.39, 0.29) is 12.0 Å². The van der Waals surface area contributed by atoms with Crippen molar-refractivity contribution in [1.29, 1.82) is 0 Å². The largest absolute Gasteiger partial charge is 0.466 e. The molecule has 0 aromatic carbocycles. The number of carbonyl (C=O) groups excluding carboxylic acids is 1. The van der Waals surface area contributed by atoms with Crippen molar-refractivity contribution in [3.8, 4) is 0 Å². The fourth-order valence-corrected chi connectivity index (χ4v) is 1.77. The minimum atomic E-state index is -0.175. The number of rotatable bonds is 6. The summed E-state index contributed by atoms with van der Waals surface area (Å²) in [4.78, 5) is 11.2. The van der Waals surface area contributed by atoms with Crippen LogP contribution in [-0.2, 0) is 23.0 Å². The lowest BCUT2D eigenvalue weighted by Crippen LogP contribution is -2.24. The van der Waals surface area contributed by atoms with E-state index in [9.17, 15) is 4.79 Å². The molecule has 5 heteroatoms. The molecule has 0 aliphatic heterocycles. The second-order valence-electron chi connectivity index (χ2n) is 4.22. The van der Waals surface area contributed by atoms with Gasteiger partial charge in [0.1, 0.15) is 0 Å². The molecule has 2 N–H and O–H groups in total. The molecule has 0 saturated carbocycles. The van der Waals surface area contributed by atoms with E-state index in [0.717, 1.165) is 17.7 Å². The van der Waals surface area contributed by atoms with Gasteiger partial charge in [-0.05, 0) is 32.3 Å². The second-order valence-corrected chi connectivity index (χ2v) is 4.22. The lowest BCUT2D eigenvalue weighted by molar-refractivity contribution is -0.143. The van der Waals surface area contributed by atoms with Crippen molar-refractivity contribution in [3.05, 3.63) is 17.5 Å². The molecule has 1 atom stereocenters. The Morgan fingerprint density at radius 3 is 2.88 bits per heavy atom. The number of hydrogen-bond donors (Lipinski definition) is 1. The van der Waals surface area contributed by atoms with E-state index in [1.807, 2.05) is 20.2 Å². The van der Waals surface area contributed by atoms with Gasteiger partial charge in [0.25, 0.3) is 0 Å². The molecule has 1 unspecified atom stereocenters. The quantitative estimate of drug-likeness (QED) is 0.750. The third-order valence-electron chi connectivity index (χ3n) is 2.62. The van der Waals surface area contributed by atoms with Crippen LogP contribution in [0.3, 0.4) is 0 Å². The number of nitrogens with two attached hydrogens (primary N) is 1. The molecule has 0 amide bonds. The number of hydrogen-bond acceptors (Lipinski definition) is 4. The highest BCUT2D eigenvalue weighted by Gasteiger charge is 2.11. The van der Waals surface area contributed by atoms with Gasteiger partial charge in [-0.25, -0.2) is 0 Å². The van der Waals surface area contributed by atoms with Crippen LogP contribution in [0.15, 0.2) is 6.20 Å². The van der Waals surface area contributed by atoms with Crippen molar-refractivity contribution < 1.29 is 9.53 Å². The topological polar surface area (TPSA) is 70.1 Å². The third-order valence-corrected chi connectivity index (χ3v) is 2.62. The molecule has 0 aliphatic carbocycles. The summed E-state index contributed by atoms with van der Waals surface area (Å²) in [5.74, 6) is -0.175. The highest BCUT2D eigenvalue weighted by Crippen LogP contribution is 2.10. The first-order chi connectivity index (χ1) is 8.02. The molecule has 0 bridgehead atoms. The Hall–Kier alpha value is -1.36. The maximum absolute atomic E-state index is 11.2. The maximum Gasteiger partial charge on any atom is 0.305 e. The van der Waals surface area contributed by atoms with E-state index in [1.54, 1.807) is 11.6 Å². The minimum absolute atomic E-state index is 0.0256. The van der Waals surface area contributed by atoms with E-state index in [2.05, 4.69) is 5.10 Å². The highest BCUT2D eigenvalue weighted by atomic mass is 16.5. The molecular formula is C12H21N3O2. The van der Waals surface area contributed by atoms with E-state index in [0.29, 0.717) is 19.4 Å². The molecule has 17 heavy (non-hydrogen) atoms. The molecule has 0 radical (unpaired) electrons. The van der Waals surface area contributed by atoms with Gasteiger partial charge in [-0.15, -0.1) is 0 Å². The second kappa shape index (κ2) is 6.39. The lowest BCUT2D eigenvalue weighted by atomic mass is 10.0. The highest BCUT2D eigenvalue weighted by molar-refractivity contribution is 5.69. The van der Waals surface area contributed by atoms with Gasteiger partial charge in [0.15, 0.2) is 0 Å². The van der Waals surface area contributed by atoms with Crippen LogP contribution in [-0.4, -0.2) is 28.4 Å². The average Bonchev–Trinajstić information content (AvgIpc) is 2.55. The Kier molecular flexibility index (Phi) is 5.15. The van der Waals surface area contributed by atoms with Crippen LogP contribution < -0.4 is 5.73 Å². The van der Waals surface area contributed by atoms with Gasteiger partial charge >= 0.3 is 5.97 Å². The summed E-state index contributed by atoms with van der Waals surface area (Å²) >= 11 is 0. The predicted octanol–water partition coefficient (Wildman–Crippen LogP) is 0.942. The van der Waals surface area contributed by atoms with Crippen LogP contribution in [0.2, 0.25) is 0 Å². The normalized spacial score (nSPS) is 12.5. The molecule has 1 rings (SSSR count). The summed E-state index contributed by atoms with van der Waals surface area (Å²) in [7, 11) is 1.89. The molecule has 0 fully saturated rings. The van der Waals surface area contributed by atoms with E-state index >= 15 is 0 Å². The fourth-order valence-electron chi connectivity index (χ4n) is 1.77. The average molecular weight is 239 g/mol. The molecule has 1 heterocycles. The van der Waals surface area contributed by atoms with E-state index in [4.69, 9.17) is 10.5 Å². The molecule has 5 nitrogen and oxygen atoms in total. The minimum Gasteiger partial charge on any atom is -0.466 e. The van der Waals surface area contributed by atoms with Crippen LogP contribution >= 0.6 is 0 Å². The Morgan fingerprint density at radius 1 is 1.65 bits per heavy atom. The van der Waals surface area contributed by atoms with Crippen LogP contribution in [0.5, 0.6) is 0 Å². The summed E-state index contributed by atoms with van der Waals surface area (Å²) < 4.78 is 6.64. The van der Waals surface area contributed by atoms with E-state index < -0.39 is 0 Å². The van der Waals surface area contributed by atoms with Gasteiger partial charge in [-0.3, -0.25) is 9.48 Å². The lowest BCUT2D eigenvalue weighted by Gasteiger charge is -2.10. The van der Waals surface area contributed by atoms with Gasteiger partial charge in [0, 0.05) is 25.7 Å². The Bertz CT molecular complexity index is 374. The monoisotopic (exact) mass is 239 g/mol. The SMILES string of the molecule is CCOC(=O)CCC(N)Cc1cn(C)nc1C. The van der Waals surface area contributed by atoms with Crippen LogP contribution in [0.4, 0.5) is 0 Å². The smallest absolute Gasteiger partial charge is 0.305 e. The summed E-state index contributed by atoms with van der Waals surface area (Å²) in [6.07, 6.45) is 3.75. The van der Waals surface area contributed by atoms with E-state index in [1.165, 1.54) is 0 Å². The Balaban J connectivity index is 2.37. The maximum atomic E-state index is 11.2. The summed E-state index contributed by atoms with van der Waals surface area (Å²) in [6, 6.07) is -0.0256. The molecule has 0 saturated heterocycles. The first-order valence-electron chi connectivity index (χ1n) is 5.93. The van der Waals surface area contributed by atoms with Gasteiger partial charge in [-0.1, -0.05) is 0 Å². The number of aromatic nitrogens is 2. The van der Waals surface area contributed by atoms with Gasteiger partial charge in [-0.2, -0.15) is 5.10 Å². The third kappa shape index (κ3) is 4.56.